The van der Waals surface area contributed by atoms with Crippen molar-refractivity contribution < 1.29 is 9.18 Å². The van der Waals surface area contributed by atoms with Crippen molar-refractivity contribution in [2.75, 3.05) is 11.9 Å². The van der Waals surface area contributed by atoms with Crippen LogP contribution in [0.4, 0.5) is 14.9 Å². The van der Waals surface area contributed by atoms with Crippen LogP contribution in [0.2, 0.25) is 5.02 Å². The van der Waals surface area contributed by atoms with Gasteiger partial charge < -0.3 is 14.8 Å². The SMILES string of the molecule is CCCN(Cc1cccn1Cc1cccc(Cl)c1)C(=O)Nc1cccc(F)c1. The largest absolute Gasteiger partial charge is 0.345 e. The van der Waals surface area contributed by atoms with Crippen molar-refractivity contribution in [2.24, 2.45) is 0 Å². The first-order valence-corrected chi connectivity index (χ1v) is 9.63. The van der Waals surface area contributed by atoms with Crippen LogP contribution >= 0.6 is 11.6 Å². The minimum absolute atomic E-state index is 0.247. The molecule has 3 rings (SSSR count). The Morgan fingerprint density at radius 1 is 1.14 bits per heavy atom. The molecule has 0 fully saturated rings. The fraction of sp³-hybridized carbons (Fsp3) is 0.227. The first-order chi connectivity index (χ1) is 13.5. The second-order valence-corrected chi connectivity index (χ2v) is 7.06. The molecule has 0 spiro atoms. The third kappa shape index (κ3) is 5.36. The van der Waals surface area contributed by atoms with Gasteiger partial charge in [-0.25, -0.2) is 9.18 Å². The standard InChI is InChI=1S/C22H23ClFN3O/c1-2-11-27(22(28)25-20-9-4-8-19(24)14-20)16-21-10-5-12-26(21)15-17-6-3-7-18(23)13-17/h3-10,12-14H,2,11,15-16H2,1H3,(H,25,28). The van der Waals surface area contributed by atoms with E-state index in [2.05, 4.69) is 9.88 Å². The number of benzene rings is 2. The number of anilines is 1. The van der Waals surface area contributed by atoms with Gasteiger partial charge in [0.05, 0.1) is 6.54 Å². The van der Waals surface area contributed by atoms with Gasteiger partial charge in [-0.2, -0.15) is 0 Å². The molecule has 0 aliphatic carbocycles. The van der Waals surface area contributed by atoms with Crippen LogP contribution < -0.4 is 5.32 Å². The third-order valence-corrected chi connectivity index (χ3v) is 4.61. The first-order valence-electron chi connectivity index (χ1n) is 9.25. The number of carbonyl (C=O) groups excluding carboxylic acids is 1. The Morgan fingerprint density at radius 3 is 2.71 bits per heavy atom. The van der Waals surface area contributed by atoms with Crippen molar-refractivity contribution >= 4 is 23.3 Å². The molecule has 0 aliphatic heterocycles. The zero-order chi connectivity index (χ0) is 19.9. The number of carbonyl (C=O) groups is 1. The maximum Gasteiger partial charge on any atom is 0.322 e. The van der Waals surface area contributed by atoms with Gasteiger partial charge in [0.1, 0.15) is 5.82 Å². The van der Waals surface area contributed by atoms with E-state index in [1.54, 1.807) is 17.0 Å². The molecule has 6 heteroatoms. The molecule has 0 saturated carbocycles. The molecule has 4 nitrogen and oxygen atoms in total. The summed E-state index contributed by atoms with van der Waals surface area (Å²) >= 11 is 6.08. The molecule has 1 aromatic heterocycles. The topological polar surface area (TPSA) is 37.3 Å². The number of hydrogen-bond donors (Lipinski definition) is 1. The van der Waals surface area contributed by atoms with Crippen LogP contribution in [0.25, 0.3) is 0 Å². The molecule has 0 aliphatic rings. The van der Waals surface area contributed by atoms with Gasteiger partial charge in [-0.05, 0) is 54.4 Å². The minimum atomic E-state index is -0.379. The lowest BCUT2D eigenvalue weighted by Crippen LogP contribution is -2.35. The van der Waals surface area contributed by atoms with E-state index in [-0.39, 0.29) is 11.8 Å². The number of nitrogens with one attached hydrogen (secondary N) is 1. The monoisotopic (exact) mass is 399 g/mol. The lowest BCUT2D eigenvalue weighted by Gasteiger charge is -2.23. The van der Waals surface area contributed by atoms with Crippen LogP contribution in [0, 0.1) is 5.82 Å². The third-order valence-electron chi connectivity index (χ3n) is 4.37. The highest BCUT2D eigenvalue weighted by Gasteiger charge is 2.15. The lowest BCUT2D eigenvalue weighted by molar-refractivity contribution is 0.208. The fourth-order valence-corrected chi connectivity index (χ4v) is 3.28. The van der Waals surface area contributed by atoms with E-state index in [0.717, 1.165) is 17.7 Å². The van der Waals surface area contributed by atoms with Crippen LogP contribution in [0.1, 0.15) is 24.6 Å². The fourth-order valence-electron chi connectivity index (χ4n) is 3.07. The molecule has 28 heavy (non-hydrogen) atoms. The summed E-state index contributed by atoms with van der Waals surface area (Å²) in [6, 6.07) is 17.4. The zero-order valence-corrected chi connectivity index (χ0v) is 16.5. The van der Waals surface area contributed by atoms with Crippen LogP contribution in [-0.4, -0.2) is 22.0 Å². The van der Waals surface area contributed by atoms with E-state index in [9.17, 15) is 9.18 Å². The summed E-state index contributed by atoms with van der Waals surface area (Å²) in [5, 5.41) is 3.48. The van der Waals surface area contributed by atoms with Gasteiger partial charge in [-0.15, -0.1) is 0 Å². The lowest BCUT2D eigenvalue weighted by atomic mass is 10.2. The average molecular weight is 400 g/mol. The summed E-state index contributed by atoms with van der Waals surface area (Å²) in [5.74, 6) is -0.379. The Bertz CT molecular complexity index is 941. The normalized spacial score (nSPS) is 10.7. The van der Waals surface area contributed by atoms with E-state index in [1.165, 1.54) is 12.1 Å². The van der Waals surface area contributed by atoms with E-state index in [1.807, 2.05) is 49.5 Å². The summed E-state index contributed by atoms with van der Waals surface area (Å²) in [6.45, 7) is 3.76. The molecule has 1 N–H and O–H groups in total. The van der Waals surface area contributed by atoms with Gasteiger partial charge in [0.25, 0.3) is 0 Å². The van der Waals surface area contributed by atoms with Gasteiger partial charge in [0.15, 0.2) is 0 Å². The van der Waals surface area contributed by atoms with Crippen molar-refractivity contribution in [2.45, 2.75) is 26.4 Å². The molecule has 0 radical (unpaired) electrons. The number of urea groups is 1. The number of halogens is 2. The maximum absolute atomic E-state index is 13.4. The Kier molecular flexibility index (Phi) is 6.71. The van der Waals surface area contributed by atoms with Gasteiger partial charge in [-0.3, -0.25) is 0 Å². The molecule has 0 unspecified atom stereocenters. The Hall–Kier alpha value is -2.79. The number of rotatable bonds is 7. The Morgan fingerprint density at radius 2 is 1.96 bits per heavy atom. The van der Waals surface area contributed by atoms with E-state index >= 15 is 0 Å². The predicted octanol–water partition coefficient (Wildman–Crippen LogP) is 5.77. The van der Waals surface area contributed by atoms with E-state index < -0.39 is 0 Å². The minimum Gasteiger partial charge on any atom is -0.345 e. The van der Waals surface area contributed by atoms with E-state index in [4.69, 9.17) is 11.6 Å². The van der Waals surface area contributed by atoms with Crippen molar-refractivity contribution in [1.29, 1.82) is 0 Å². The molecular weight excluding hydrogens is 377 g/mol. The quantitative estimate of drug-likeness (QED) is 0.537. The number of amides is 2. The number of aromatic nitrogens is 1. The summed E-state index contributed by atoms with van der Waals surface area (Å²) in [4.78, 5) is 14.5. The van der Waals surface area contributed by atoms with Gasteiger partial charge in [0, 0.05) is 35.7 Å². The number of nitrogens with zero attached hydrogens (tertiary/aromatic N) is 2. The summed E-state index contributed by atoms with van der Waals surface area (Å²) in [7, 11) is 0. The molecule has 2 amide bonds. The molecular formula is C22H23ClFN3O. The highest BCUT2D eigenvalue weighted by Crippen LogP contribution is 2.16. The van der Waals surface area contributed by atoms with Crippen molar-refractivity contribution in [3.8, 4) is 0 Å². The van der Waals surface area contributed by atoms with Crippen LogP contribution in [-0.2, 0) is 13.1 Å². The summed E-state index contributed by atoms with van der Waals surface area (Å²) in [6.07, 6.45) is 2.82. The highest BCUT2D eigenvalue weighted by molar-refractivity contribution is 6.30. The van der Waals surface area contributed by atoms with Crippen molar-refractivity contribution in [1.82, 2.24) is 9.47 Å². The van der Waals surface area contributed by atoms with Crippen LogP contribution in [0.3, 0.4) is 0 Å². The second-order valence-electron chi connectivity index (χ2n) is 6.62. The van der Waals surface area contributed by atoms with Crippen molar-refractivity contribution in [3.05, 3.63) is 89.0 Å². The van der Waals surface area contributed by atoms with E-state index in [0.29, 0.717) is 30.3 Å². The molecule has 146 valence electrons. The van der Waals surface area contributed by atoms with Crippen molar-refractivity contribution in [3.63, 3.8) is 0 Å². The summed E-state index contributed by atoms with van der Waals surface area (Å²) in [5.41, 5.74) is 2.56. The molecule has 0 atom stereocenters. The van der Waals surface area contributed by atoms with Gasteiger partial charge in [-0.1, -0.05) is 36.7 Å². The van der Waals surface area contributed by atoms with Crippen LogP contribution in [0.15, 0.2) is 66.9 Å². The molecule has 3 aromatic rings. The maximum atomic E-state index is 13.4. The predicted molar refractivity (Wildman–Crippen MR) is 111 cm³/mol. The van der Waals surface area contributed by atoms with Gasteiger partial charge >= 0.3 is 6.03 Å². The molecule has 1 heterocycles. The second kappa shape index (κ2) is 9.42. The van der Waals surface area contributed by atoms with Crippen LogP contribution in [0.5, 0.6) is 0 Å². The molecule has 2 aromatic carbocycles. The zero-order valence-electron chi connectivity index (χ0n) is 15.7. The van der Waals surface area contributed by atoms with Gasteiger partial charge in [0.2, 0.25) is 0 Å². The smallest absolute Gasteiger partial charge is 0.322 e. The highest BCUT2D eigenvalue weighted by atomic mass is 35.5. The Labute approximate surface area is 169 Å². The first kappa shape index (κ1) is 20.0. The average Bonchev–Trinajstić information content (AvgIpc) is 3.08. The molecule has 0 saturated heterocycles. The Balaban J connectivity index is 1.72. The number of hydrogen-bond acceptors (Lipinski definition) is 1. The summed E-state index contributed by atoms with van der Waals surface area (Å²) < 4.78 is 15.5. The molecule has 0 bridgehead atoms.